The molecule has 0 aliphatic carbocycles. The average Bonchev–Trinajstić information content (AvgIpc) is 2.48. The van der Waals surface area contributed by atoms with Crippen LogP contribution in [0.25, 0.3) is 10.8 Å². The van der Waals surface area contributed by atoms with Crippen LogP contribution in [-0.2, 0) is 5.75 Å². The van der Waals surface area contributed by atoms with Gasteiger partial charge in [-0.05, 0) is 23.1 Å². The number of fused-ring (bicyclic) bond motifs is 1. The van der Waals surface area contributed by atoms with E-state index in [1.165, 1.54) is 10.5 Å². The fraction of sp³-hybridized carbons (Fsp3) is 0.0588. The maximum Gasteiger partial charge on any atom is 0.123 e. The van der Waals surface area contributed by atoms with Crippen molar-refractivity contribution in [3.8, 4) is 5.75 Å². The third-order valence-corrected chi connectivity index (χ3v) is 4.24. The minimum absolute atomic E-state index is 0.347. The molecule has 0 radical (unpaired) electrons. The van der Waals surface area contributed by atoms with E-state index in [9.17, 15) is 5.11 Å². The summed E-state index contributed by atoms with van der Waals surface area (Å²) in [6, 6.07) is 22.2. The van der Waals surface area contributed by atoms with Gasteiger partial charge in [0, 0.05) is 16.0 Å². The second kappa shape index (κ2) is 5.37. The topological polar surface area (TPSA) is 20.2 Å². The Bertz CT molecular complexity index is 692. The van der Waals surface area contributed by atoms with Crippen LogP contribution in [0.5, 0.6) is 5.75 Å². The summed E-state index contributed by atoms with van der Waals surface area (Å²) in [5, 5.41) is 11.9. The van der Waals surface area contributed by atoms with Crippen molar-refractivity contribution in [3.63, 3.8) is 0 Å². The highest BCUT2D eigenvalue weighted by Gasteiger charge is 2.05. The Hall–Kier alpha value is -1.93. The predicted octanol–water partition coefficient (Wildman–Crippen LogP) is 4.84. The van der Waals surface area contributed by atoms with Gasteiger partial charge in [0.15, 0.2) is 0 Å². The number of benzene rings is 3. The molecule has 0 saturated carbocycles. The molecule has 2 heteroatoms. The fourth-order valence-electron chi connectivity index (χ4n) is 2.12. The van der Waals surface area contributed by atoms with Crippen LogP contribution in [0.2, 0.25) is 0 Å². The van der Waals surface area contributed by atoms with Crippen LogP contribution in [0.15, 0.2) is 71.6 Å². The molecule has 0 spiro atoms. The van der Waals surface area contributed by atoms with Crippen LogP contribution in [0.3, 0.4) is 0 Å². The number of rotatable bonds is 3. The van der Waals surface area contributed by atoms with Crippen molar-refractivity contribution in [2.45, 2.75) is 10.6 Å². The van der Waals surface area contributed by atoms with Gasteiger partial charge in [0.1, 0.15) is 5.75 Å². The minimum atomic E-state index is 0.347. The quantitative estimate of drug-likeness (QED) is 0.685. The van der Waals surface area contributed by atoms with Gasteiger partial charge in [-0.1, -0.05) is 54.6 Å². The zero-order valence-electron chi connectivity index (χ0n) is 10.4. The van der Waals surface area contributed by atoms with Gasteiger partial charge >= 0.3 is 0 Å². The van der Waals surface area contributed by atoms with Crippen LogP contribution >= 0.6 is 11.8 Å². The third kappa shape index (κ3) is 2.59. The average molecular weight is 266 g/mol. The lowest BCUT2D eigenvalue weighted by atomic mass is 10.1. The standard InChI is InChI=1S/C17H14OS/c18-16-10-11-17(15-9-5-4-8-14(15)16)19-12-13-6-2-1-3-7-13/h1-11,18H,12H2. The summed E-state index contributed by atoms with van der Waals surface area (Å²) in [4.78, 5) is 1.21. The first-order chi connectivity index (χ1) is 9.34. The summed E-state index contributed by atoms with van der Waals surface area (Å²) < 4.78 is 0. The largest absolute Gasteiger partial charge is 0.507 e. The lowest BCUT2D eigenvalue weighted by molar-refractivity contribution is 0.481. The van der Waals surface area contributed by atoms with Crippen molar-refractivity contribution in [3.05, 3.63) is 72.3 Å². The van der Waals surface area contributed by atoms with Crippen LogP contribution in [0.1, 0.15) is 5.56 Å². The van der Waals surface area contributed by atoms with Crippen molar-refractivity contribution >= 4 is 22.5 Å². The molecule has 0 heterocycles. The van der Waals surface area contributed by atoms with E-state index in [0.717, 1.165) is 16.5 Å². The first-order valence-corrected chi connectivity index (χ1v) is 7.20. The Labute approximate surface area is 116 Å². The summed E-state index contributed by atoms with van der Waals surface area (Å²) in [6.45, 7) is 0. The third-order valence-electron chi connectivity index (χ3n) is 3.10. The molecule has 0 aromatic heterocycles. The summed E-state index contributed by atoms with van der Waals surface area (Å²) in [6.07, 6.45) is 0. The highest BCUT2D eigenvalue weighted by molar-refractivity contribution is 7.98. The Kier molecular flexibility index (Phi) is 3.43. The Balaban J connectivity index is 1.91. The van der Waals surface area contributed by atoms with Crippen molar-refractivity contribution in [2.75, 3.05) is 0 Å². The van der Waals surface area contributed by atoms with Crippen LogP contribution in [0.4, 0.5) is 0 Å². The zero-order valence-corrected chi connectivity index (χ0v) is 11.2. The number of aromatic hydroxyl groups is 1. The number of phenolic OH excluding ortho intramolecular Hbond substituents is 1. The molecule has 1 nitrogen and oxygen atoms in total. The first kappa shape index (κ1) is 12.1. The summed E-state index contributed by atoms with van der Waals surface area (Å²) >= 11 is 1.80. The smallest absolute Gasteiger partial charge is 0.123 e. The fourth-order valence-corrected chi connectivity index (χ4v) is 3.13. The minimum Gasteiger partial charge on any atom is -0.507 e. The summed E-state index contributed by atoms with van der Waals surface area (Å²) in [5.41, 5.74) is 1.31. The Morgan fingerprint density at radius 3 is 2.21 bits per heavy atom. The second-order valence-electron chi connectivity index (χ2n) is 4.40. The number of hydrogen-bond acceptors (Lipinski definition) is 2. The lowest BCUT2D eigenvalue weighted by Crippen LogP contribution is -1.82. The second-order valence-corrected chi connectivity index (χ2v) is 5.42. The molecule has 3 aromatic carbocycles. The zero-order chi connectivity index (χ0) is 13.1. The maximum atomic E-state index is 9.87. The number of phenols is 1. The van der Waals surface area contributed by atoms with Crippen molar-refractivity contribution in [1.29, 1.82) is 0 Å². The van der Waals surface area contributed by atoms with Crippen LogP contribution < -0.4 is 0 Å². The summed E-state index contributed by atoms with van der Waals surface area (Å²) in [7, 11) is 0. The van der Waals surface area contributed by atoms with Gasteiger partial charge in [-0.25, -0.2) is 0 Å². The van der Waals surface area contributed by atoms with E-state index in [-0.39, 0.29) is 0 Å². The molecule has 0 bridgehead atoms. The molecule has 0 fully saturated rings. The number of thioether (sulfide) groups is 1. The molecule has 0 aliphatic rings. The molecule has 3 rings (SSSR count). The SMILES string of the molecule is Oc1ccc(SCc2ccccc2)c2ccccc12. The summed E-state index contributed by atoms with van der Waals surface area (Å²) in [5.74, 6) is 1.29. The highest BCUT2D eigenvalue weighted by Crippen LogP contribution is 2.34. The van der Waals surface area contributed by atoms with E-state index in [1.54, 1.807) is 17.8 Å². The van der Waals surface area contributed by atoms with Crippen LogP contribution in [-0.4, -0.2) is 5.11 Å². The Morgan fingerprint density at radius 2 is 1.42 bits per heavy atom. The van der Waals surface area contributed by atoms with Gasteiger partial charge in [0.05, 0.1) is 0 Å². The molecule has 0 aliphatic heterocycles. The molecule has 19 heavy (non-hydrogen) atoms. The van der Waals surface area contributed by atoms with E-state index in [0.29, 0.717) is 5.75 Å². The molecular weight excluding hydrogens is 252 g/mol. The molecule has 0 saturated heterocycles. The molecule has 0 unspecified atom stereocenters. The van der Waals surface area contributed by atoms with E-state index < -0.39 is 0 Å². The van der Waals surface area contributed by atoms with Crippen molar-refractivity contribution in [2.24, 2.45) is 0 Å². The highest BCUT2D eigenvalue weighted by atomic mass is 32.2. The molecule has 0 atom stereocenters. The molecule has 1 N–H and O–H groups in total. The van der Waals surface area contributed by atoms with Gasteiger partial charge in [-0.3, -0.25) is 0 Å². The normalized spacial score (nSPS) is 10.7. The molecule has 3 aromatic rings. The van der Waals surface area contributed by atoms with Gasteiger partial charge in [-0.2, -0.15) is 0 Å². The van der Waals surface area contributed by atoms with Crippen molar-refractivity contribution < 1.29 is 5.11 Å². The number of hydrogen-bond donors (Lipinski definition) is 1. The van der Waals surface area contributed by atoms with E-state index in [1.807, 2.05) is 30.3 Å². The van der Waals surface area contributed by atoms with Crippen LogP contribution in [0, 0.1) is 0 Å². The first-order valence-electron chi connectivity index (χ1n) is 6.22. The van der Waals surface area contributed by atoms with Gasteiger partial charge in [0.2, 0.25) is 0 Å². The van der Waals surface area contributed by atoms with Crippen molar-refractivity contribution in [1.82, 2.24) is 0 Å². The molecular formula is C17H14OS. The molecule has 94 valence electrons. The van der Waals surface area contributed by atoms with E-state index in [4.69, 9.17) is 0 Å². The van der Waals surface area contributed by atoms with Gasteiger partial charge in [0.25, 0.3) is 0 Å². The van der Waals surface area contributed by atoms with E-state index in [2.05, 4.69) is 30.3 Å². The maximum absolute atomic E-state index is 9.87. The van der Waals surface area contributed by atoms with E-state index >= 15 is 0 Å². The monoisotopic (exact) mass is 266 g/mol. The van der Waals surface area contributed by atoms with Gasteiger partial charge in [-0.15, -0.1) is 11.8 Å². The predicted molar refractivity (Wildman–Crippen MR) is 81.6 cm³/mol. The lowest BCUT2D eigenvalue weighted by Gasteiger charge is -2.08. The Morgan fingerprint density at radius 1 is 0.737 bits per heavy atom. The molecule has 0 amide bonds. The van der Waals surface area contributed by atoms with Gasteiger partial charge < -0.3 is 5.11 Å².